The summed E-state index contributed by atoms with van der Waals surface area (Å²) in [5, 5.41) is 10.6. The molecule has 9 heteroatoms. The van der Waals surface area contributed by atoms with Gasteiger partial charge < -0.3 is 4.90 Å². The van der Waals surface area contributed by atoms with Crippen LogP contribution in [0.4, 0.5) is 5.69 Å². The molecular formula is C14H19N3O5S. The molecule has 0 unspecified atom stereocenters. The first kappa shape index (κ1) is 17.4. The molecular weight excluding hydrogens is 322 g/mol. The topological polar surface area (TPSA) is 101 Å². The summed E-state index contributed by atoms with van der Waals surface area (Å²) in [5.74, 6) is -0.0498. The van der Waals surface area contributed by atoms with Gasteiger partial charge in [0.2, 0.25) is 0 Å². The predicted molar refractivity (Wildman–Crippen MR) is 85.2 cm³/mol. The average molecular weight is 341 g/mol. The van der Waals surface area contributed by atoms with E-state index in [9.17, 15) is 23.3 Å². The van der Waals surface area contributed by atoms with Gasteiger partial charge >= 0.3 is 0 Å². The van der Waals surface area contributed by atoms with Crippen LogP contribution in [0, 0.1) is 10.1 Å². The molecule has 1 saturated heterocycles. The zero-order valence-corrected chi connectivity index (χ0v) is 13.7. The van der Waals surface area contributed by atoms with E-state index in [1.165, 1.54) is 30.5 Å². The quantitative estimate of drug-likeness (QED) is 0.567. The number of amides is 1. The molecule has 8 nitrogen and oxygen atoms in total. The average Bonchev–Trinajstić information content (AvgIpc) is 2.52. The van der Waals surface area contributed by atoms with E-state index >= 15 is 0 Å². The number of nitro benzene ring substituents is 1. The molecule has 0 spiro atoms. The molecule has 1 aromatic rings. The van der Waals surface area contributed by atoms with Crippen molar-refractivity contribution in [3.8, 4) is 0 Å². The third kappa shape index (κ3) is 5.00. The minimum Gasteiger partial charge on any atom is -0.336 e. The van der Waals surface area contributed by atoms with Crippen LogP contribution in [0.5, 0.6) is 0 Å². The molecule has 126 valence electrons. The Morgan fingerprint density at radius 1 is 1.17 bits per heavy atom. The Morgan fingerprint density at radius 3 is 2.22 bits per heavy atom. The predicted octanol–water partition coefficient (Wildman–Crippen LogP) is 0.397. The Balaban J connectivity index is 1.89. The largest absolute Gasteiger partial charge is 0.336 e. The van der Waals surface area contributed by atoms with E-state index in [4.69, 9.17) is 0 Å². The van der Waals surface area contributed by atoms with E-state index in [2.05, 4.69) is 0 Å². The van der Waals surface area contributed by atoms with Crippen LogP contribution in [0.25, 0.3) is 0 Å². The summed E-state index contributed by atoms with van der Waals surface area (Å²) in [7, 11) is -2.98. The molecule has 0 atom stereocenters. The highest BCUT2D eigenvalue weighted by molar-refractivity contribution is 7.90. The number of rotatable bonds is 5. The number of hydrogen-bond donors (Lipinski definition) is 0. The monoisotopic (exact) mass is 341 g/mol. The van der Waals surface area contributed by atoms with E-state index in [-0.39, 0.29) is 17.3 Å². The Hall–Kier alpha value is -2.00. The number of sulfone groups is 1. The summed E-state index contributed by atoms with van der Waals surface area (Å²) in [6.45, 7) is 2.74. The van der Waals surface area contributed by atoms with Crippen LogP contribution < -0.4 is 0 Å². The lowest BCUT2D eigenvalue weighted by Crippen LogP contribution is -2.49. The van der Waals surface area contributed by atoms with Crippen LogP contribution in [0.1, 0.15) is 10.4 Å². The molecule has 23 heavy (non-hydrogen) atoms. The maximum atomic E-state index is 12.3. The van der Waals surface area contributed by atoms with Gasteiger partial charge in [-0.25, -0.2) is 8.42 Å². The van der Waals surface area contributed by atoms with Crippen LogP contribution in [-0.2, 0) is 9.84 Å². The Labute approximate surface area is 134 Å². The van der Waals surface area contributed by atoms with Crippen molar-refractivity contribution >= 4 is 21.4 Å². The second-order valence-electron chi connectivity index (χ2n) is 5.57. The Bertz CT molecular complexity index is 679. The lowest BCUT2D eigenvalue weighted by Gasteiger charge is -2.34. The van der Waals surface area contributed by atoms with Gasteiger partial charge in [-0.05, 0) is 12.1 Å². The van der Waals surface area contributed by atoms with Crippen LogP contribution in [0.15, 0.2) is 24.3 Å². The summed E-state index contributed by atoms with van der Waals surface area (Å²) in [6.07, 6.45) is 1.21. The van der Waals surface area contributed by atoms with Crippen LogP contribution in [0.2, 0.25) is 0 Å². The van der Waals surface area contributed by atoms with Crippen molar-refractivity contribution in [1.29, 1.82) is 0 Å². The van der Waals surface area contributed by atoms with E-state index in [0.29, 0.717) is 38.3 Å². The van der Waals surface area contributed by atoms with Gasteiger partial charge in [0.1, 0.15) is 9.84 Å². The number of benzene rings is 1. The fourth-order valence-electron chi connectivity index (χ4n) is 2.38. The summed E-state index contributed by atoms with van der Waals surface area (Å²) in [6, 6.07) is 5.54. The van der Waals surface area contributed by atoms with Crippen molar-refractivity contribution in [2.75, 3.05) is 44.7 Å². The first-order valence-electron chi connectivity index (χ1n) is 7.20. The lowest BCUT2D eigenvalue weighted by molar-refractivity contribution is -0.384. The fraction of sp³-hybridized carbons (Fsp3) is 0.500. The van der Waals surface area contributed by atoms with Gasteiger partial charge in [0.05, 0.1) is 10.7 Å². The summed E-state index contributed by atoms with van der Waals surface area (Å²) < 4.78 is 22.3. The number of hydrogen-bond acceptors (Lipinski definition) is 6. The van der Waals surface area contributed by atoms with Gasteiger partial charge in [0.15, 0.2) is 0 Å². The Morgan fingerprint density at radius 2 is 1.74 bits per heavy atom. The number of non-ortho nitro benzene ring substituents is 1. The SMILES string of the molecule is CS(=O)(=O)CCN1CCN(C(=O)c2ccc([N+](=O)[O-])cc2)CC1. The highest BCUT2D eigenvalue weighted by atomic mass is 32.2. The van der Waals surface area contributed by atoms with Crippen molar-refractivity contribution in [1.82, 2.24) is 9.80 Å². The molecule has 0 bridgehead atoms. The fourth-order valence-corrected chi connectivity index (χ4v) is 2.97. The molecule has 1 fully saturated rings. The van der Waals surface area contributed by atoms with Gasteiger partial charge in [0.25, 0.3) is 11.6 Å². The van der Waals surface area contributed by atoms with Crippen LogP contribution in [-0.4, -0.2) is 73.8 Å². The number of carbonyl (C=O) groups excluding carboxylic acids is 1. The molecule has 0 aliphatic carbocycles. The smallest absolute Gasteiger partial charge is 0.269 e. The van der Waals surface area contributed by atoms with Crippen molar-refractivity contribution in [3.05, 3.63) is 39.9 Å². The molecule has 0 aromatic heterocycles. The second-order valence-corrected chi connectivity index (χ2v) is 7.83. The van der Waals surface area contributed by atoms with E-state index in [0.717, 1.165) is 0 Å². The third-order valence-corrected chi connectivity index (χ3v) is 4.69. The van der Waals surface area contributed by atoms with Gasteiger partial charge in [0, 0.05) is 56.7 Å². The third-order valence-electron chi connectivity index (χ3n) is 3.76. The second kappa shape index (κ2) is 7.05. The van der Waals surface area contributed by atoms with Gasteiger partial charge in [-0.3, -0.25) is 19.8 Å². The first-order chi connectivity index (χ1) is 10.8. The highest BCUT2D eigenvalue weighted by Crippen LogP contribution is 2.14. The van der Waals surface area contributed by atoms with Crippen molar-refractivity contribution in [3.63, 3.8) is 0 Å². The van der Waals surface area contributed by atoms with Gasteiger partial charge in [-0.2, -0.15) is 0 Å². The molecule has 0 N–H and O–H groups in total. The van der Waals surface area contributed by atoms with Crippen LogP contribution in [0.3, 0.4) is 0 Å². The molecule has 2 rings (SSSR count). The van der Waals surface area contributed by atoms with E-state index < -0.39 is 14.8 Å². The van der Waals surface area contributed by atoms with Crippen molar-refractivity contribution in [2.24, 2.45) is 0 Å². The number of nitrogens with zero attached hydrogens (tertiary/aromatic N) is 3. The zero-order valence-electron chi connectivity index (χ0n) is 12.8. The highest BCUT2D eigenvalue weighted by Gasteiger charge is 2.23. The molecule has 1 aromatic carbocycles. The molecule has 1 aliphatic rings. The number of piperazine rings is 1. The summed E-state index contributed by atoms with van der Waals surface area (Å²) in [4.78, 5) is 26.1. The number of nitro groups is 1. The van der Waals surface area contributed by atoms with E-state index in [1.54, 1.807) is 4.90 Å². The molecule has 1 amide bonds. The number of carbonyl (C=O) groups is 1. The maximum absolute atomic E-state index is 12.3. The minimum absolute atomic E-state index is 0.0489. The lowest BCUT2D eigenvalue weighted by atomic mass is 10.1. The van der Waals surface area contributed by atoms with Crippen molar-refractivity contribution in [2.45, 2.75) is 0 Å². The zero-order chi connectivity index (χ0) is 17.0. The molecule has 1 aliphatic heterocycles. The molecule has 0 radical (unpaired) electrons. The normalized spacial score (nSPS) is 16.3. The molecule has 1 heterocycles. The first-order valence-corrected chi connectivity index (χ1v) is 9.26. The summed E-state index contributed by atoms with van der Waals surface area (Å²) >= 11 is 0. The van der Waals surface area contributed by atoms with Gasteiger partial charge in [-0.15, -0.1) is 0 Å². The maximum Gasteiger partial charge on any atom is 0.269 e. The van der Waals surface area contributed by atoms with E-state index in [1.807, 2.05) is 4.90 Å². The van der Waals surface area contributed by atoms with Gasteiger partial charge in [-0.1, -0.05) is 0 Å². The Kier molecular flexibility index (Phi) is 5.32. The van der Waals surface area contributed by atoms with Crippen LogP contribution >= 0.6 is 0 Å². The molecule has 0 saturated carbocycles. The standard InChI is InChI=1S/C14H19N3O5S/c1-23(21,22)11-10-15-6-8-16(9-7-15)14(18)12-2-4-13(5-3-12)17(19)20/h2-5H,6-11H2,1H3. The van der Waals surface area contributed by atoms with Crippen molar-refractivity contribution < 1.29 is 18.1 Å². The summed E-state index contributed by atoms with van der Waals surface area (Å²) in [5.41, 5.74) is 0.368. The minimum atomic E-state index is -2.98.